The molecule has 0 spiro atoms. The minimum atomic E-state index is -0.280. The van der Waals surface area contributed by atoms with Gasteiger partial charge in [0.2, 0.25) is 0 Å². The molecule has 5 heteroatoms. The Hall–Kier alpha value is -1.75. The number of benzene rings is 1. The molecule has 1 aromatic carbocycles. The minimum Gasteiger partial charge on any atom is -0.473 e. The predicted molar refractivity (Wildman–Crippen MR) is 87.7 cm³/mol. The number of para-hydroxylation sites is 1. The molecule has 0 saturated carbocycles. The van der Waals surface area contributed by atoms with Crippen LogP contribution in [0.5, 0.6) is 5.75 Å². The van der Waals surface area contributed by atoms with Gasteiger partial charge >= 0.3 is 6.03 Å². The number of urea groups is 1. The van der Waals surface area contributed by atoms with Gasteiger partial charge in [-0.3, -0.25) is 0 Å². The highest BCUT2D eigenvalue weighted by Gasteiger charge is 2.46. The minimum absolute atomic E-state index is 0.113. The molecule has 2 rings (SSSR count). The number of likely N-dealkylation sites (tertiary alicyclic amines) is 1. The summed E-state index contributed by atoms with van der Waals surface area (Å²) in [5.74, 6) is 0.738. The van der Waals surface area contributed by atoms with Crippen molar-refractivity contribution in [2.45, 2.75) is 57.7 Å². The first kappa shape index (κ1) is 16.6. The number of nitrogens with one attached hydrogen (secondary N) is 1. The van der Waals surface area contributed by atoms with Gasteiger partial charge in [-0.2, -0.15) is 0 Å². The van der Waals surface area contributed by atoms with Gasteiger partial charge in [0.25, 0.3) is 0 Å². The molecule has 0 aliphatic carbocycles. The van der Waals surface area contributed by atoms with Crippen molar-refractivity contribution in [1.82, 2.24) is 10.2 Å². The van der Waals surface area contributed by atoms with Crippen molar-refractivity contribution < 1.29 is 9.53 Å². The van der Waals surface area contributed by atoms with Gasteiger partial charge in [-0.1, -0.05) is 18.2 Å². The van der Waals surface area contributed by atoms with Gasteiger partial charge in [0.05, 0.1) is 0 Å². The Balaban J connectivity index is 1.98. The molecule has 22 heavy (non-hydrogen) atoms. The maximum Gasteiger partial charge on any atom is 0.320 e. The third-order valence-electron chi connectivity index (χ3n) is 4.14. The van der Waals surface area contributed by atoms with Crippen molar-refractivity contribution in [3.8, 4) is 5.75 Å². The quantitative estimate of drug-likeness (QED) is 0.844. The largest absolute Gasteiger partial charge is 0.473 e. The summed E-state index contributed by atoms with van der Waals surface area (Å²) in [6.45, 7) is 8.39. The standard InChI is InChI=1S/C17H27N3O2/c1-16(2)10-13(18)11-17(3,4)20(16)15(21)19-12-22-14-8-6-5-7-9-14/h5-9,13H,10-12,18H2,1-4H3,(H,19,21). The molecule has 3 N–H and O–H groups in total. The van der Waals surface area contributed by atoms with Crippen LogP contribution in [0.15, 0.2) is 30.3 Å². The first-order chi connectivity index (χ1) is 10.2. The summed E-state index contributed by atoms with van der Waals surface area (Å²) in [6, 6.07) is 9.45. The van der Waals surface area contributed by atoms with E-state index in [-0.39, 0.29) is 29.9 Å². The van der Waals surface area contributed by atoms with Gasteiger partial charge in [-0.15, -0.1) is 0 Å². The lowest BCUT2D eigenvalue weighted by atomic mass is 9.77. The van der Waals surface area contributed by atoms with E-state index in [1.54, 1.807) is 0 Å². The van der Waals surface area contributed by atoms with E-state index in [1.165, 1.54) is 0 Å². The molecule has 0 aromatic heterocycles. The molecule has 1 aliphatic rings. The summed E-state index contributed by atoms with van der Waals surface area (Å²) < 4.78 is 5.54. The van der Waals surface area contributed by atoms with Crippen LogP contribution in [0, 0.1) is 0 Å². The fraction of sp³-hybridized carbons (Fsp3) is 0.588. The highest BCUT2D eigenvalue weighted by Crippen LogP contribution is 2.37. The van der Waals surface area contributed by atoms with Gasteiger partial charge in [0.15, 0.2) is 6.73 Å². The van der Waals surface area contributed by atoms with Crippen molar-refractivity contribution in [3.05, 3.63) is 30.3 Å². The number of carbonyl (C=O) groups is 1. The van der Waals surface area contributed by atoms with Crippen LogP contribution in [0.4, 0.5) is 4.79 Å². The van der Waals surface area contributed by atoms with Crippen molar-refractivity contribution in [1.29, 1.82) is 0 Å². The number of nitrogens with zero attached hydrogens (tertiary/aromatic N) is 1. The van der Waals surface area contributed by atoms with Crippen molar-refractivity contribution in [2.75, 3.05) is 6.73 Å². The lowest BCUT2D eigenvalue weighted by molar-refractivity contribution is 0.00145. The van der Waals surface area contributed by atoms with Crippen LogP contribution in [0.1, 0.15) is 40.5 Å². The highest BCUT2D eigenvalue weighted by molar-refractivity contribution is 5.76. The summed E-state index contributed by atoms with van der Waals surface area (Å²) in [5.41, 5.74) is 5.58. The van der Waals surface area contributed by atoms with Gasteiger partial charge in [-0.05, 0) is 52.7 Å². The van der Waals surface area contributed by atoms with E-state index < -0.39 is 0 Å². The summed E-state index contributed by atoms with van der Waals surface area (Å²) in [5, 5.41) is 2.85. The van der Waals surface area contributed by atoms with Gasteiger partial charge < -0.3 is 20.7 Å². The Labute approximate surface area is 132 Å². The van der Waals surface area contributed by atoms with Crippen LogP contribution >= 0.6 is 0 Å². The van der Waals surface area contributed by atoms with E-state index in [1.807, 2.05) is 35.2 Å². The lowest BCUT2D eigenvalue weighted by Crippen LogP contribution is -2.67. The second-order valence-corrected chi connectivity index (χ2v) is 7.21. The lowest BCUT2D eigenvalue weighted by Gasteiger charge is -2.54. The Bertz CT molecular complexity index is 496. The van der Waals surface area contributed by atoms with Crippen LogP contribution in [-0.2, 0) is 0 Å². The second-order valence-electron chi connectivity index (χ2n) is 7.21. The summed E-state index contributed by atoms with van der Waals surface area (Å²) in [4.78, 5) is 14.5. The smallest absolute Gasteiger partial charge is 0.320 e. The topological polar surface area (TPSA) is 67.6 Å². The monoisotopic (exact) mass is 305 g/mol. The number of carbonyl (C=O) groups excluding carboxylic acids is 1. The maximum atomic E-state index is 12.6. The third kappa shape index (κ3) is 3.71. The molecule has 2 amide bonds. The van der Waals surface area contributed by atoms with Crippen molar-refractivity contribution >= 4 is 6.03 Å². The maximum absolute atomic E-state index is 12.6. The molecule has 1 heterocycles. The highest BCUT2D eigenvalue weighted by atomic mass is 16.5. The SMILES string of the molecule is CC1(C)CC(N)CC(C)(C)N1C(=O)NCOc1ccccc1. The zero-order valence-electron chi connectivity index (χ0n) is 13.9. The summed E-state index contributed by atoms with van der Waals surface area (Å²) >= 11 is 0. The van der Waals surface area contributed by atoms with Crippen LogP contribution < -0.4 is 15.8 Å². The average molecular weight is 305 g/mol. The average Bonchev–Trinajstić information content (AvgIpc) is 2.36. The number of piperidine rings is 1. The predicted octanol–water partition coefficient (Wildman–Crippen LogP) is 2.71. The number of ether oxygens (including phenoxy) is 1. The third-order valence-corrected chi connectivity index (χ3v) is 4.14. The Morgan fingerprint density at radius 1 is 1.23 bits per heavy atom. The number of hydrogen-bond acceptors (Lipinski definition) is 3. The van der Waals surface area contributed by atoms with E-state index in [0.717, 1.165) is 18.6 Å². The molecule has 0 atom stereocenters. The fourth-order valence-electron chi connectivity index (χ4n) is 3.68. The summed E-state index contributed by atoms with van der Waals surface area (Å²) in [6.07, 6.45) is 1.59. The Morgan fingerprint density at radius 3 is 2.32 bits per heavy atom. The molecule has 0 radical (unpaired) electrons. The van der Waals surface area contributed by atoms with E-state index >= 15 is 0 Å². The molecular weight excluding hydrogens is 278 g/mol. The molecule has 1 saturated heterocycles. The molecule has 5 nitrogen and oxygen atoms in total. The van der Waals surface area contributed by atoms with Crippen LogP contribution in [0.25, 0.3) is 0 Å². The number of hydrogen-bond donors (Lipinski definition) is 2. The Morgan fingerprint density at radius 2 is 1.77 bits per heavy atom. The number of nitrogens with two attached hydrogens (primary N) is 1. The van der Waals surface area contributed by atoms with E-state index in [9.17, 15) is 4.79 Å². The van der Waals surface area contributed by atoms with Gasteiger partial charge in [0.1, 0.15) is 5.75 Å². The molecule has 1 aliphatic heterocycles. The second kappa shape index (κ2) is 6.16. The first-order valence-corrected chi connectivity index (χ1v) is 7.74. The van der Waals surface area contributed by atoms with Gasteiger partial charge in [-0.25, -0.2) is 4.79 Å². The number of rotatable bonds is 3. The molecule has 0 bridgehead atoms. The van der Waals surface area contributed by atoms with Crippen LogP contribution in [-0.4, -0.2) is 34.8 Å². The zero-order valence-corrected chi connectivity index (χ0v) is 13.9. The number of amides is 2. The summed E-state index contributed by atoms with van der Waals surface area (Å²) in [7, 11) is 0. The molecular formula is C17H27N3O2. The normalized spacial score (nSPS) is 20.5. The molecule has 0 unspecified atom stereocenters. The van der Waals surface area contributed by atoms with Crippen molar-refractivity contribution in [2.24, 2.45) is 5.73 Å². The molecule has 1 fully saturated rings. The van der Waals surface area contributed by atoms with E-state index in [4.69, 9.17) is 10.5 Å². The Kier molecular flexibility index (Phi) is 4.66. The molecule has 122 valence electrons. The van der Waals surface area contributed by atoms with Crippen LogP contribution in [0.2, 0.25) is 0 Å². The van der Waals surface area contributed by atoms with E-state index in [2.05, 4.69) is 33.0 Å². The van der Waals surface area contributed by atoms with Crippen molar-refractivity contribution in [3.63, 3.8) is 0 Å². The zero-order chi connectivity index (χ0) is 16.4. The fourth-order valence-corrected chi connectivity index (χ4v) is 3.68. The van der Waals surface area contributed by atoms with Gasteiger partial charge in [0, 0.05) is 17.1 Å². The first-order valence-electron chi connectivity index (χ1n) is 7.74. The van der Waals surface area contributed by atoms with Crippen LogP contribution in [0.3, 0.4) is 0 Å². The molecule has 1 aromatic rings. The van der Waals surface area contributed by atoms with E-state index in [0.29, 0.717) is 0 Å².